The zero-order valence-corrected chi connectivity index (χ0v) is 15.8. The van der Waals surface area contributed by atoms with Crippen LogP contribution in [0.5, 0.6) is 0 Å². The summed E-state index contributed by atoms with van der Waals surface area (Å²) in [6, 6.07) is 18.5. The molecule has 3 rings (SSSR count). The van der Waals surface area contributed by atoms with Crippen LogP contribution in [0.25, 0.3) is 0 Å². The van der Waals surface area contributed by atoms with Gasteiger partial charge in [-0.1, -0.05) is 48.5 Å². The predicted molar refractivity (Wildman–Crippen MR) is 105 cm³/mol. The van der Waals surface area contributed by atoms with E-state index in [1.165, 1.54) is 12.0 Å². The molecule has 0 aromatic heterocycles. The molecule has 0 spiro atoms. The van der Waals surface area contributed by atoms with E-state index in [2.05, 4.69) is 5.32 Å². The predicted octanol–water partition coefficient (Wildman–Crippen LogP) is 2.80. The molecule has 0 radical (unpaired) electrons. The number of ether oxygens (including phenoxy) is 1. The number of allylic oxidation sites excluding steroid dienone is 1. The van der Waals surface area contributed by atoms with Crippen LogP contribution in [-0.4, -0.2) is 24.9 Å². The Labute approximate surface area is 163 Å². The van der Waals surface area contributed by atoms with Crippen LogP contribution in [0.1, 0.15) is 18.9 Å². The third kappa shape index (κ3) is 3.96. The fourth-order valence-electron chi connectivity index (χ4n) is 3.37. The molecule has 6 heteroatoms. The van der Waals surface area contributed by atoms with E-state index in [0.29, 0.717) is 17.9 Å². The fourth-order valence-corrected chi connectivity index (χ4v) is 3.37. The van der Waals surface area contributed by atoms with Crippen molar-refractivity contribution in [3.63, 3.8) is 0 Å². The van der Waals surface area contributed by atoms with Gasteiger partial charge in [0.15, 0.2) is 0 Å². The minimum Gasteiger partial charge on any atom is -0.466 e. The Morgan fingerprint density at radius 2 is 1.68 bits per heavy atom. The number of anilines is 1. The molecule has 1 aliphatic rings. The van der Waals surface area contributed by atoms with E-state index in [9.17, 15) is 14.4 Å². The summed E-state index contributed by atoms with van der Waals surface area (Å²) < 4.78 is 4.91. The maximum absolute atomic E-state index is 12.8. The topological polar surface area (TPSA) is 75.7 Å². The molecular weight excluding hydrogens is 356 g/mol. The number of amides is 2. The second-order valence-corrected chi connectivity index (χ2v) is 6.52. The first kappa shape index (κ1) is 19.4. The summed E-state index contributed by atoms with van der Waals surface area (Å²) >= 11 is 0. The molecule has 28 heavy (non-hydrogen) atoms. The van der Waals surface area contributed by atoms with Gasteiger partial charge in [0.2, 0.25) is 11.8 Å². The summed E-state index contributed by atoms with van der Waals surface area (Å²) in [6.07, 6.45) is -0.0999. The Kier molecular flexibility index (Phi) is 5.89. The van der Waals surface area contributed by atoms with E-state index in [1.54, 1.807) is 19.1 Å². The Balaban J connectivity index is 1.90. The maximum Gasteiger partial charge on any atom is 0.336 e. The number of para-hydroxylation sites is 1. The highest BCUT2D eigenvalue weighted by atomic mass is 16.5. The number of hydrogen-bond acceptors (Lipinski definition) is 4. The van der Waals surface area contributed by atoms with Gasteiger partial charge in [-0.2, -0.15) is 0 Å². The van der Waals surface area contributed by atoms with Crippen molar-refractivity contribution in [1.29, 1.82) is 0 Å². The van der Waals surface area contributed by atoms with Gasteiger partial charge in [-0.05, 0) is 24.6 Å². The first-order chi connectivity index (χ1) is 13.5. The first-order valence-electron chi connectivity index (χ1n) is 9.01. The second kappa shape index (κ2) is 8.52. The molecule has 6 nitrogen and oxygen atoms in total. The molecule has 1 atom stereocenters. The molecule has 1 N–H and O–H groups in total. The van der Waals surface area contributed by atoms with Gasteiger partial charge in [0.05, 0.1) is 18.6 Å². The van der Waals surface area contributed by atoms with Gasteiger partial charge in [0.25, 0.3) is 0 Å². The van der Waals surface area contributed by atoms with Gasteiger partial charge in [-0.25, -0.2) is 4.79 Å². The van der Waals surface area contributed by atoms with E-state index < -0.39 is 11.9 Å². The molecule has 2 aromatic carbocycles. The summed E-state index contributed by atoms with van der Waals surface area (Å²) in [5.41, 5.74) is 2.20. The van der Waals surface area contributed by atoms with Crippen molar-refractivity contribution in [1.82, 2.24) is 5.32 Å². The molecule has 2 aromatic rings. The van der Waals surface area contributed by atoms with Crippen LogP contribution in [0.2, 0.25) is 0 Å². The summed E-state index contributed by atoms with van der Waals surface area (Å²) in [5.74, 6) is -2.10. The van der Waals surface area contributed by atoms with E-state index in [0.717, 1.165) is 5.56 Å². The Morgan fingerprint density at radius 3 is 2.29 bits per heavy atom. The Hall–Kier alpha value is -3.41. The SMILES string of the molecule is COC(=O)C1=C(C)N(c2ccccc2)C(=O)C[C@@H]1C(=O)NCc1ccccc1. The highest BCUT2D eigenvalue weighted by molar-refractivity contribution is 6.08. The minimum absolute atomic E-state index is 0.0999. The van der Waals surface area contributed by atoms with Gasteiger partial charge in [0.1, 0.15) is 0 Å². The zero-order valence-electron chi connectivity index (χ0n) is 15.8. The molecule has 0 aliphatic carbocycles. The molecule has 0 saturated heterocycles. The lowest BCUT2D eigenvalue weighted by molar-refractivity contribution is -0.139. The average molecular weight is 378 g/mol. The van der Waals surface area contributed by atoms with Crippen LogP contribution in [0, 0.1) is 5.92 Å². The normalized spacial score (nSPS) is 16.7. The molecule has 0 fully saturated rings. The maximum atomic E-state index is 12.8. The van der Waals surface area contributed by atoms with E-state index >= 15 is 0 Å². The monoisotopic (exact) mass is 378 g/mol. The number of nitrogens with zero attached hydrogens (tertiary/aromatic N) is 1. The van der Waals surface area contributed by atoms with Crippen LogP contribution in [0.3, 0.4) is 0 Å². The van der Waals surface area contributed by atoms with Crippen LogP contribution in [0.4, 0.5) is 5.69 Å². The van der Waals surface area contributed by atoms with E-state index in [4.69, 9.17) is 4.74 Å². The molecule has 0 unspecified atom stereocenters. The standard InChI is InChI=1S/C22H22N2O4/c1-15-20(22(27)28-2)18(21(26)23-14-16-9-5-3-6-10-16)13-19(25)24(15)17-11-7-4-8-12-17/h3-12,18H,13-14H2,1-2H3,(H,23,26)/t18-/m0/s1. The number of nitrogens with one attached hydrogen (secondary N) is 1. The van der Waals surface area contributed by atoms with Gasteiger partial charge >= 0.3 is 5.97 Å². The largest absolute Gasteiger partial charge is 0.466 e. The van der Waals surface area contributed by atoms with Crippen molar-refractivity contribution in [3.8, 4) is 0 Å². The number of carbonyl (C=O) groups excluding carboxylic acids is 3. The molecule has 0 bridgehead atoms. The van der Waals surface area contributed by atoms with Gasteiger partial charge < -0.3 is 10.1 Å². The summed E-state index contributed by atoms with van der Waals surface area (Å²) in [5, 5.41) is 2.82. The van der Waals surface area contributed by atoms with Crippen molar-refractivity contribution >= 4 is 23.5 Å². The van der Waals surface area contributed by atoms with Crippen LogP contribution >= 0.6 is 0 Å². The quantitative estimate of drug-likeness (QED) is 0.812. The van der Waals surface area contributed by atoms with Gasteiger partial charge in [-0.3, -0.25) is 14.5 Å². The summed E-state index contributed by atoms with van der Waals surface area (Å²) in [7, 11) is 1.27. The summed E-state index contributed by atoms with van der Waals surface area (Å²) in [6.45, 7) is 1.98. The number of methoxy groups -OCH3 is 1. The van der Waals surface area contributed by atoms with Crippen molar-refractivity contribution in [2.24, 2.45) is 5.92 Å². The van der Waals surface area contributed by atoms with Crippen molar-refractivity contribution in [2.45, 2.75) is 19.9 Å². The van der Waals surface area contributed by atoms with Crippen LogP contribution in [-0.2, 0) is 25.7 Å². The smallest absolute Gasteiger partial charge is 0.336 e. The highest BCUT2D eigenvalue weighted by Crippen LogP contribution is 2.33. The van der Waals surface area contributed by atoms with Gasteiger partial charge in [0, 0.05) is 24.4 Å². The number of carbonyl (C=O) groups is 3. The number of rotatable bonds is 5. The number of hydrogen-bond donors (Lipinski definition) is 1. The second-order valence-electron chi connectivity index (χ2n) is 6.52. The molecular formula is C22H22N2O4. The lowest BCUT2D eigenvalue weighted by atomic mass is 9.88. The van der Waals surface area contributed by atoms with Crippen molar-refractivity contribution in [2.75, 3.05) is 12.0 Å². The Morgan fingerprint density at radius 1 is 1.07 bits per heavy atom. The third-order valence-corrected chi connectivity index (χ3v) is 4.75. The number of esters is 1. The fraction of sp³-hybridized carbons (Fsp3) is 0.227. The molecule has 0 saturated carbocycles. The zero-order chi connectivity index (χ0) is 20.1. The average Bonchev–Trinajstić information content (AvgIpc) is 2.72. The Bertz CT molecular complexity index is 907. The molecule has 1 heterocycles. The lowest BCUT2D eigenvalue weighted by Gasteiger charge is -2.33. The van der Waals surface area contributed by atoms with Gasteiger partial charge in [-0.15, -0.1) is 0 Å². The van der Waals surface area contributed by atoms with Crippen LogP contribution < -0.4 is 10.2 Å². The summed E-state index contributed by atoms with van der Waals surface area (Å²) in [4.78, 5) is 39.5. The molecule has 144 valence electrons. The van der Waals surface area contributed by atoms with Crippen molar-refractivity contribution < 1.29 is 19.1 Å². The van der Waals surface area contributed by atoms with E-state index in [-0.39, 0.29) is 23.8 Å². The lowest BCUT2D eigenvalue weighted by Crippen LogP contribution is -2.44. The molecule has 2 amide bonds. The van der Waals surface area contributed by atoms with Crippen molar-refractivity contribution in [3.05, 3.63) is 77.5 Å². The first-order valence-corrected chi connectivity index (χ1v) is 9.01. The number of benzene rings is 2. The van der Waals surface area contributed by atoms with E-state index in [1.807, 2.05) is 48.5 Å². The third-order valence-electron chi connectivity index (χ3n) is 4.75. The minimum atomic E-state index is -0.886. The highest BCUT2D eigenvalue weighted by Gasteiger charge is 2.40. The van der Waals surface area contributed by atoms with Crippen LogP contribution in [0.15, 0.2) is 71.9 Å². The molecule has 1 aliphatic heterocycles.